The summed E-state index contributed by atoms with van der Waals surface area (Å²) in [4.78, 5) is 18.2. The largest absolute Gasteiger partial charge is 0.378 e. The highest BCUT2D eigenvalue weighted by Gasteiger charge is 2.21. The molecule has 4 rings (SSSR count). The first kappa shape index (κ1) is 19.8. The molecule has 2 saturated heterocycles. The van der Waals surface area contributed by atoms with Crippen LogP contribution in [0.5, 0.6) is 0 Å². The topological polar surface area (TPSA) is 78.8 Å². The number of halogens is 1. The van der Waals surface area contributed by atoms with E-state index in [1.807, 2.05) is 36.4 Å². The molecule has 0 unspecified atom stereocenters. The molecule has 1 N–H and O–H groups in total. The summed E-state index contributed by atoms with van der Waals surface area (Å²) in [5.41, 5.74) is 4.05. The van der Waals surface area contributed by atoms with Gasteiger partial charge in [-0.1, -0.05) is 30.3 Å². The van der Waals surface area contributed by atoms with Crippen LogP contribution in [0.1, 0.15) is 18.4 Å². The van der Waals surface area contributed by atoms with Crippen LogP contribution in [0, 0.1) is 0 Å². The molecule has 2 fully saturated rings. The Hall–Kier alpha value is -2.52. The number of hydrogen-bond donors (Lipinski definition) is 1. The number of aromatic nitrogens is 3. The van der Waals surface area contributed by atoms with Gasteiger partial charge in [0.2, 0.25) is 17.8 Å². The van der Waals surface area contributed by atoms with Gasteiger partial charge in [-0.15, -0.1) is 0 Å². The van der Waals surface area contributed by atoms with Gasteiger partial charge in [-0.3, -0.25) is 0 Å². The average Bonchev–Trinajstić information content (AvgIpc) is 3.30. The van der Waals surface area contributed by atoms with E-state index in [0.717, 1.165) is 49.1 Å². The predicted octanol–water partition coefficient (Wildman–Crippen LogP) is 3.14. The molecule has 0 radical (unpaired) electrons. The van der Waals surface area contributed by atoms with Crippen molar-refractivity contribution in [2.45, 2.75) is 12.8 Å². The maximum absolute atomic E-state index is 5.45. The second-order valence-electron chi connectivity index (χ2n) is 6.86. The molecule has 0 bridgehead atoms. The summed E-state index contributed by atoms with van der Waals surface area (Å²) < 4.78 is 6.29. The van der Waals surface area contributed by atoms with Crippen LogP contribution < -0.4 is 15.2 Å². The van der Waals surface area contributed by atoms with Crippen LogP contribution in [-0.2, 0) is 4.74 Å². The van der Waals surface area contributed by atoms with Gasteiger partial charge < -0.3 is 14.5 Å². The number of anilines is 3. The summed E-state index contributed by atoms with van der Waals surface area (Å²) in [7, 11) is 0. The first-order valence-electron chi connectivity index (χ1n) is 9.83. The number of morpholine rings is 1. The highest BCUT2D eigenvalue weighted by molar-refractivity contribution is 9.12. The minimum absolute atomic E-state index is 0.444. The van der Waals surface area contributed by atoms with E-state index >= 15 is 0 Å². The summed E-state index contributed by atoms with van der Waals surface area (Å²) in [6.07, 6.45) is 6.02. The molecule has 9 heteroatoms. The molecule has 0 saturated carbocycles. The third-order valence-corrected chi connectivity index (χ3v) is 5.18. The van der Waals surface area contributed by atoms with Crippen LogP contribution in [0.15, 0.2) is 39.9 Å². The summed E-state index contributed by atoms with van der Waals surface area (Å²) in [5.74, 6) is 1.82. The van der Waals surface area contributed by atoms with Crippen LogP contribution >= 0.6 is 15.9 Å². The summed E-state index contributed by atoms with van der Waals surface area (Å²) >= 11 is 3.52. The standard InChI is InChI=1S/C20H24BrN7O/c21-17(14-16-6-2-1-3-7-16)15-22-26-18-23-19(27-8-4-5-9-27)25-20(24-18)28-10-12-29-13-11-28/h1-3,6-7,14-15H,4-5,8-13H2,(H,23,24,25,26)/b17-14+,22-15?. The van der Waals surface area contributed by atoms with Gasteiger partial charge in [0.05, 0.1) is 19.4 Å². The van der Waals surface area contributed by atoms with Crippen molar-refractivity contribution in [2.24, 2.45) is 5.10 Å². The van der Waals surface area contributed by atoms with E-state index in [2.05, 4.69) is 46.2 Å². The van der Waals surface area contributed by atoms with Crippen molar-refractivity contribution in [1.82, 2.24) is 15.0 Å². The van der Waals surface area contributed by atoms with Crippen molar-refractivity contribution < 1.29 is 4.74 Å². The van der Waals surface area contributed by atoms with Gasteiger partial charge in [0, 0.05) is 30.7 Å². The van der Waals surface area contributed by atoms with Crippen molar-refractivity contribution in [2.75, 3.05) is 54.6 Å². The molecular weight excluding hydrogens is 434 g/mol. The van der Waals surface area contributed by atoms with Crippen LogP contribution in [-0.4, -0.2) is 60.6 Å². The Bertz CT molecular complexity index is 862. The van der Waals surface area contributed by atoms with Gasteiger partial charge in [0.1, 0.15) is 0 Å². The molecule has 0 spiro atoms. The summed E-state index contributed by atoms with van der Waals surface area (Å²) in [5, 5.41) is 4.29. The lowest BCUT2D eigenvalue weighted by molar-refractivity contribution is 0.122. The fourth-order valence-electron chi connectivity index (χ4n) is 3.26. The van der Waals surface area contributed by atoms with Gasteiger partial charge in [0.25, 0.3) is 0 Å². The van der Waals surface area contributed by atoms with Crippen molar-refractivity contribution in [1.29, 1.82) is 0 Å². The van der Waals surface area contributed by atoms with Gasteiger partial charge in [-0.2, -0.15) is 20.1 Å². The maximum Gasteiger partial charge on any atom is 0.250 e. The molecule has 2 aliphatic heterocycles. The zero-order valence-corrected chi connectivity index (χ0v) is 17.8. The van der Waals surface area contributed by atoms with E-state index in [0.29, 0.717) is 31.1 Å². The second kappa shape index (κ2) is 9.80. The third kappa shape index (κ3) is 5.51. The Kier molecular flexibility index (Phi) is 6.68. The first-order valence-corrected chi connectivity index (χ1v) is 10.6. The number of hydrazone groups is 1. The number of hydrogen-bond acceptors (Lipinski definition) is 8. The van der Waals surface area contributed by atoms with Gasteiger partial charge in [0.15, 0.2) is 0 Å². The molecule has 29 heavy (non-hydrogen) atoms. The monoisotopic (exact) mass is 457 g/mol. The Morgan fingerprint density at radius 2 is 1.62 bits per heavy atom. The van der Waals surface area contributed by atoms with Crippen LogP contribution in [0.25, 0.3) is 6.08 Å². The lowest BCUT2D eigenvalue weighted by Gasteiger charge is -2.27. The van der Waals surface area contributed by atoms with Crippen LogP contribution in [0.2, 0.25) is 0 Å². The highest BCUT2D eigenvalue weighted by atomic mass is 79.9. The van der Waals surface area contributed by atoms with E-state index in [4.69, 9.17) is 9.72 Å². The van der Waals surface area contributed by atoms with Gasteiger partial charge >= 0.3 is 0 Å². The molecular formula is C20H24BrN7O. The van der Waals surface area contributed by atoms with Crippen LogP contribution in [0.3, 0.4) is 0 Å². The van der Waals surface area contributed by atoms with Crippen molar-refractivity contribution in [3.8, 4) is 0 Å². The molecule has 2 aromatic rings. The summed E-state index contributed by atoms with van der Waals surface area (Å²) in [6, 6.07) is 10.1. The molecule has 152 valence electrons. The fourth-order valence-corrected chi connectivity index (χ4v) is 3.63. The highest BCUT2D eigenvalue weighted by Crippen LogP contribution is 2.21. The van der Waals surface area contributed by atoms with E-state index in [-0.39, 0.29) is 0 Å². The molecule has 1 aromatic heterocycles. The number of allylic oxidation sites excluding steroid dienone is 1. The predicted molar refractivity (Wildman–Crippen MR) is 120 cm³/mol. The lowest BCUT2D eigenvalue weighted by Crippen LogP contribution is -2.38. The van der Waals surface area contributed by atoms with E-state index < -0.39 is 0 Å². The molecule has 0 amide bonds. The fraction of sp³-hybridized carbons (Fsp3) is 0.400. The van der Waals surface area contributed by atoms with Crippen molar-refractivity contribution in [3.63, 3.8) is 0 Å². The quantitative estimate of drug-likeness (QED) is 0.527. The minimum atomic E-state index is 0.444. The normalized spacial score (nSPS) is 17.9. The van der Waals surface area contributed by atoms with Gasteiger partial charge in [-0.05, 0) is 40.4 Å². The molecule has 0 atom stereocenters. The number of nitrogens with one attached hydrogen (secondary N) is 1. The van der Waals surface area contributed by atoms with Crippen LogP contribution in [0.4, 0.5) is 17.8 Å². The Labute approximate surface area is 178 Å². The number of nitrogens with zero attached hydrogens (tertiary/aromatic N) is 6. The van der Waals surface area contributed by atoms with E-state index in [1.54, 1.807) is 6.21 Å². The molecule has 2 aliphatic rings. The Morgan fingerprint density at radius 3 is 2.31 bits per heavy atom. The summed E-state index contributed by atoms with van der Waals surface area (Å²) in [6.45, 7) is 4.86. The van der Waals surface area contributed by atoms with Crippen molar-refractivity contribution >= 4 is 46.1 Å². The molecule has 0 aliphatic carbocycles. The van der Waals surface area contributed by atoms with Gasteiger partial charge in [-0.25, -0.2) is 5.43 Å². The molecule has 3 heterocycles. The minimum Gasteiger partial charge on any atom is -0.378 e. The molecule has 1 aromatic carbocycles. The Balaban J connectivity index is 1.50. The average molecular weight is 458 g/mol. The van der Waals surface area contributed by atoms with E-state index in [1.165, 1.54) is 0 Å². The number of benzene rings is 1. The number of rotatable bonds is 6. The third-order valence-electron chi connectivity index (χ3n) is 4.75. The molecule has 8 nitrogen and oxygen atoms in total. The number of ether oxygens (including phenoxy) is 1. The first-order chi connectivity index (χ1) is 14.3. The van der Waals surface area contributed by atoms with Crippen molar-refractivity contribution in [3.05, 3.63) is 40.4 Å². The zero-order chi connectivity index (χ0) is 19.9. The maximum atomic E-state index is 5.45. The van der Waals surface area contributed by atoms with E-state index in [9.17, 15) is 0 Å². The SMILES string of the molecule is Br/C(C=NNc1nc(N2CCCC2)nc(N2CCOCC2)n1)=C/c1ccccc1. The Morgan fingerprint density at radius 1 is 0.966 bits per heavy atom. The lowest BCUT2D eigenvalue weighted by atomic mass is 10.2. The smallest absolute Gasteiger partial charge is 0.250 e. The zero-order valence-electron chi connectivity index (χ0n) is 16.2. The second-order valence-corrected chi connectivity index (χ2v) is 7.78.